The Labute approximate surface area is 203 Å². The van der Waals surface area contributed by atoms with Crippen LogP contribution in [0.3, 0.4) is 0 Å². The van der Waals surface area contributed by atoms with Crippen molar-refractivity contribution in [1.29, 1.82) is 0 Å². The van der Waals surface area contributed by atoms with Gasteiger partial charge >= 0.3 is 0 Å². The zero-order valence-corrected chi connectivity index (χ0v) is 19.5. The molecule has 2 fully saturated rings. The van der Waals surface area contributed by atoms with E-state index in [2.05, 4.69) is 32.1 Å². The number of aromatic nitrogens is 3. The van der Waals surface area contributed by atoms with Crippen molar-refractivity contribution in [2.45, 2.75) is 44.7 Å². The van der Waals surface area contributed by atoms with Crippen molar-refractivity contribution in [2.24, 2.45) is 11.8 Å². The van der Waals surface area contributed by atoms with Crippen LogP contribution in [-0.4, -0.2) is 44.0 Å². The molecule has 1 aliphatic carbocycles. The summed E-state index contributed by atoms with van der Waals surface area (Å²) in [5.41, 5.74) is 2.67. The van der Waals surface area contributed by atoms with Gasteiger partial charge in [-0.05, 0) is 30.5 Å². The summed E-state index contributed by atoms with van der Waals surface area (Å²) in [6.07, 6.45) is 9.98. The maximum Gasteiger partial charge on any atom is 0.240 e. The second kappa shape index (κ2) is 9.34. The van der Waals surface area contributed by atoms with Gasteiger partial charge in [-0.2, -0.15) is 0 Å². The molecule has 7 nitrogen and oxygen atoms in total. The minimum atomic E-state index is -0.419. The third-order valence-corrected chi connectivity index (χ3v) is 7.37. The lowest BCUT2D eigenvalue weighted by molar-refractivity contribution is -0.153. The summed E-state index contributed by atoms with van der Waals surface area (Å²) in [5, 5.41) is 4.07. The number of amides is 1. The third-order valence-electron chi connectivity index (χ3n) is 7.37. The fourth-order valence-corrected chi connectivity index (χ4v) is 5.70. The average Bonchev–Trinajstić information content (AvgIpc) is 3.27. The van der Waals surface area contributed by atoms with Crippen molar-refractivity contribution in [2.75, 3.05) is 13.2 Å². The molecule has 0 bridgehead atoms. The largest absolute Gasteiger partial charge is 0.491 e. The highest BCUT2D eigenvalue weighted by atomic mass is 19.1. The maximum atomic E-state index is 13.9. The number of halogens is 1. The van der Waals surface area contributed by atoms with E-state index in [1.807, 2.05) is 17.1 Å². The fourth-order valence-electron chi connectivity index (χ4n) is 5.70. The first kappa shape index (κ1) is 22.1. The molecule has 1 aromatic carbocycles. The average molecular weight is 474 g/mol. The highest BCUT2D eigenvalue weighted by Gasteiger charge is 2.48. The van der Waals surface area contributed by atoms with Gasteiger partial charge in [0.2, 0.25) is 5.91 Å². The Balaban J connectivity index is 1.35. The molecule has 4 heterocycles. The molecule has 3 aliphatic rings. The molecule has 2 aromatic heterocycles. The lowest BCUT2D eigenvalue weighted by Gasteiger charge is -2.36. The van der Waals surface area contributed by atoms with E-state index in [9.17, 15) is 9.18 Å². The Kier molecular flexibility index (Phi) is 5.90. The van der Waals surface area contributed by atoms with Crippen molar-refractivity contribution in [1.82, 2.24) is 25.0 Å². The normalized spacial score (nSPS) is 22.4. The number of hydrogen-bond donors (Lipinski definition) is 0. The lowest BCUT2D eigenvalue weighted by Crippen LogP contribution is -2.45. The van der Waals surface area contributed by atoms with Crippen LogP contribution in [0.4, 0.5) is 4.39 Å². The zero-order valence-electron chi connectivity index (χ0n) is 19.5. The van der Waals surface area contributed by atoms with Crippen molar-refractivity contribution in [3.8, 4) is 17.1 Å². The van der Waals surface area contributed by atoms with Gasteiger partial charge in [-0.25, -0.2) is 19.4 Å². The topological polar surface area (TPSA) is 71.5 Å². The van der Waals surface area contributed by atoms with Crippen molar-refractivity contribution in [3.05, 3.63) is 72.1 Å². The van der Waals surface area contributed by atoms with Crippen LogP contribution in [-0.2, 0) is 11.3 Å². The Morgan fingerprint density at radius 3 is 2.71 bits per heavy atom. The second-order valence-electron chi connectivity index (χ2n) is 9.68. The van der Waals surface area contributed by atoms with E-state index in [0.717, 1.165) is 36.8 Å². The molecule has 35 heavy (non-hydrogen) atoms. The molecule has 8 heteroatoms. The summed E-state index contributed by atoms with van der Waals surface area (Å²) in [4.78, 5) is 26.9. The third kappa shape index (κ3) is 4.27. The Bertz CT molecular complexity index is 1220. The molecule has 2 atom stereocenters. The van der Waals surface area contributed by atoms with Crippen LogP contribution in [0, 0.1) is 17.7 Å². The number of pyridine rings is 1. The molecule has 180 valence electrons. The summed E-state index contributed by atoms with van der Waals surface area (Å²) in [7, 11) is 0. The van der Waals surface area contributed by atoms with Gasteiger partial charge in [0.05, 0.1) is 18.8 Å². The Morgan fingerprint density at radius 2 is 1.89 bits per heavy atom. The molecule has 6 rings (SSSR count). The molecule has 3 aromatic rings. The van der Waals surface area contributed by atoms with Crippen LogP contribution >= 0.6 is 0 Å². The number of fused-ring (bicyclic) bond motifs is 3. The number of rotatable bonds is 4. The molecular weight excluding hydrogens is 445 g/mol. The summed E-state index contributed by atoms with van der Waals surface area (Å²) in [6, 6.07) is 11.2. The first-order valence-electron chi connectivity index (χ1n) is 12.4. The summed E-state index contributed by atoms with van der Waals surface area (Å²) >= 11 is 0. The lowest BCUT2D eigenvalue weighted by atomic mass is 9.88. The quantitative estimate of drug-likeness (QED) is 0.553. The van der Waals surface area contributed by atoms with Gasteiger partial charge in [0, 0.05) is 48.9 Å². The molecule has 0 radical (unpaired) electrons. The minimum absolute atomic E-state index is 0.0528. The summed E-state index contributed by atoms with van der Waals surface area (Å²) < 4.78 is 19.8. The Hall–Kier alpha value is -3.39. The van der Waals surface area contributed by atoms with Gasteiger partial charge in [-0.3, -0.25) is 14.8 Å². The monoisotopic (exact) mass is 473 g/mol. The molecule has 2 aliphatic heterocycles. The van der Waals surface area contributed by atoms with Crippen molar-refractivity contribution < 1.29 is 13.9 Å². The zero-order chi connectivity index (χ0) is 23.8. The highest BCUT2D eigenvalue weighted by molar-refractivity contribution is 5.79. The predicted molar refractivity (Wildman–Crippen MR) is 127 cm³/mol. The number of benzene rings is 1. The molecule has 1 amide bonds. The van der Waals surface area contributed by atoms with E-state index < -0.39 is 5.82 Å². The van der Waals surface area contributed by atoms with Crippen molar-refractivity contribution in [3.63, 3.8) is 0 Å². The van der Waals surface area contributed by atoms with Crippen LogP contribution in [0.5, 0.6) is 5.75 Å². The standard InChI is InChI=1S/C27H28FN5O2/c28-22-13-23-24(31-14-22)25-21(17-35-23)16-33(27(34)19-7-2-1-3-8-19)32(25)15-18-6-4-9-20(12-18)26-29-10-5-11-30-26/h4-6,9-14,19,21,25H,1-3,7-8,15-17H2/t21-,25-/m1/s1. The number of hydrazine groups is 1. The van der Waals surface area contributed by atoms with Crippen LogP contribution in [0.25, 0.3) is 11.4 Å². The summed E-state index contributed by atoms with van der Waals surface area (Å²) in [6.45, 7) is 1.55. The van der Waals surface area contributed by atoms with E-state index in [0.29, 0.717) is 37.0 Å². The fraction of sp³-hybridized carbons (Fsp3) is 0.407. The first-order valence-corrected chi connectivity index (χ1v) is 12.4. The summed E-state index contributed by atoms with van der Waals surface area (Å²) in [5.74, 6) is 1.03. The van der Waals surface area contributed by atoms with Crippen LogP contribution in [0.2, 0.25) is 0 Å². The molecular formula is C27H28FN5O2. The molecule has 0 N–H and O–H groups in total. The number of hydrogen-bond acceptors (Lipinski definition) is 6. The van der Waals surface area contributed by atoms with E-state index in [4.69, 9.17) is 4.74 Å². The maximum absolute atomic E-state index is 13.9. The van der Waals surface area contributed by atoms with Gasteiger partial charge in [-0.15, -0.1) is 0 Å². The van der Waals surface area contributed by atoms with Gasteiger partial charge < -0.3 is 4.74 Å². The van der Waals surface area contributed by atoms with Crippen LogP contribution in [0.15, 0.2) is 55.0 Å². The number of carbonyl (C=O) groups is 1. The number of carbonyl (C=O) groups excluding carboxylic acids is 1. The van der Waals surface area contributed by atoms with Crippen LogP contribution in [0.1, 0.15) is 49.4 Å². The SMILES string of the molecule is O=C(C1CCCCC1)N1C[C@@H]2COc3cc(F)cnc3[C@@H]2N1Cc1cccc(-c2ncccn2)c1. The molecule has 1 saturated carbocycles. The van der Waals surface area contributed by atoms with Gasteiger partial charge in [-0.1, -0.05) is 37.5 Å². The van der Waals surface area contributed by atoms with E-state index in [1.54, 1.807) is 18.5 Å². The van der Waals surface area contributed by atoms with Crippen LogP contribution < -0.4 is 4.74 Å². The minimum Gasteiger partial charge on any atom is -0.491 e. The molecule has 1 saturated heterocycles. The molecule has 0 spiro atoms. The van der Waals surface area contributed by atoms with E-state index in [1.165, 1.54) is 18.7 Å². The van der Waals surface area contributed by atoms with E-state index in [-0.39, 0.29) is 23.8 Å². The Morgan fingerprint density at radius 1 is 1.06 bits per heavy atom. The van der Waals surface area contributed by atoms with Crippen molar-refractivity contribution >= 4 is 5.91 Å². The second-order valence-corrected chi connectivity index (χ2v) is 9.68. The van der Waals surface area contributed by atoms with Gasteiger partial charge in [0.1, 0.15) is 17.3 Å². The molecule has 0 unspecified atom stereocenters. The van der Waals surface area contributed by atoms with E-state index >= 15 is 0 Å². The smallest absolute Gasteiger partial charge is 0.240 e. The number of nitrogens with zero attached hydrogens (tertiary/aromatic N) is 5. The first-order chi connectivity index (χ1) is 17.2. The highest BCUT2D eigenvalue weighted by Crippen LogP contribution is 2.45. The predicted octanol–water partition coefficient (Wildman–Crippen LogP) is 4.57. The van der Waals surface area contributed by atoms with Gasteiger partial charge in [0.25, 0.3) is 0 Å². The van der Waals surface area contributed by atoms with Gasteiger partial charge in [0.15, 0.2) is 5.82 Å². The number of ether oxygens (including phenoxy) is 1.